The molecule has 2 aromatic rings. The van der Waals surface area contributed by atoms with Gasteiger partial charge in [-0.2, -0.15) is 0 Å². The third kappa shape index (κ3) is 3.14. The second-order valence-corrected chi connectivity index (χ2v) is 5.38. The summed E-state index contributed by atoms with van der Waals surface area (Å²) in [5.74, 6) is 1.45. The number of methoxy groups -OCH3 is 2. The number of fused-ring (bicyclic) bond motifs is 1. The molecular formula is C16H22N2O4. The Morgan fingerprint density at radius 1 is 1.09 bits per heavy atom. The number of ether oxygens (including phenoxy) is 2. The Labute approximate surface area is 129 Å². The standard InChI is InChI=1S/C16H22N2O4/c1-16(9-19,10-20)18-8-12-15-11(6-7-17-12)13(21-2)4-5-14(15)22-3/h4-7,18-20H,8-10H2,1-3H3. The number of aromatic nitrogens is 1. The molecule has 0 fully saturated rings. The Morgan fingerprint density at radius 2 is 1.73 bits per heavy atom. The van der Waals surface area contributed by atoms with E-state index in [0.717, 1.165) is 22.2 Å². The topological polar surface area (TPSA) is 83.8 Å². The number of rotatable bonds is 7. The van der Waals surface area contributed by atoms with E-state index >= 15 is 0 Å². The van der Waals surface area contributed by atoms with Crippen LogP contribution < -0.4 is 14.8 Å². The van der Waals surface area contributed by atoms with E-state index in [9.17, 15) is 10.2 Å². The molecular weight excluding hydrogens is 284 g/mol. The fraction of sp³-hybridized carbons (Fsp3) is 0.438. The van der Waals surface area contributed by atoms with Gasteiger partial charge in [0.15, 0.2) is 0 Å². The van der Waals surface area contributed by atoms with E-state index in [1.807, 2.05) is 18.2 Å². The molecule has 2 rings (SSSR count). The van der Waals surface area contributed by atoms with Crippen LogP contribution in [0.5, 0.6) is 11.5 Å². The van der Waals surface area contributed by atoms with Crippen LogP contribution in [-0.2, 0) is 6.54 Å². The molecule has 0 saturated carbocycles. The van der Waals surface area contributed by atoms with E-state index in [4.69, 9.17) is 9.47 Å². The summed E-state index contributed by atoms with van der Waals surface area (Å²) in [6.45, 7) is 1.79. The van der Waals surface area contributed by atoms with Crippen molar-refractivity contribution in [1.82, 2.24) is 10.3 Å². The number of hydrogen-bond donors (Lipinski definition) is 3. The molecule has 0 saturated heterocycles. The molecule has 0 atom stereocenters. The summed E-state index contributed by atoms with van der Waals surface area (Å²) in [5, 5.41) is 23.6. The quantitative estimate of drug-likeness (QED) is 0.710. The smallest absolute Gasteiger partial charge is 0.128 e. The van der Waals surface area contributed by atoms with Crippen LogP contribution in [-0.4, -0.2) is 48.2 Å². The van der Waals surface area contributed by atoms with Gasteiger partial charge in [0.2, 0.25) is 0 Å². The second kappa shape index (κ2) is 6.91. The molecule has 0 unspecified atom stereocenters. The van der Waals surface area contributed by atoms with Gasteiger partial charge in [-0.15, -0.1) is 0 Å². The average Bonchev–Trinajstić information content (AvgIpc) is 2.58. The Bertz CT molecular complexity index is 641. The Morgan fingerprint density at radius 3 is 2.32 bits per heavy atom. The molecule has 0 amide bonds. The van der Waals surface area contributed by atoms with Crippen molar-refractivity contribution in [3.8, 4) is 11.5 Å². The maximum atomic E-state index is 9.37. The zero-order chi connectivity index (χ0) is 16.2. The summed E-state index contributed by atoms with van der Waals surface area (Å²) in [5.41, 5.74) is -0.00275. The van der Waals surface area contributed by atoms with Gasteiger partial charge in [-0.1, -0.05) is 0 Å². The van der Waals surface area contributed by atoms with Crippen LogP contribution in [0.1, 0.15) is 12.6 Å². The first-order valence-corrected chi connectivity index (χ1v) is 7.04. The highest BCUT2D eigenvalue weighted by Gasteiger charge is 2.22. The zero-order valence-electron chi connectivity index (χ0n) is 13.1. The minimum atomic E-state index is -0.768. The molecule has 0 radical (unpaired) electrons. The predicted molar refractivity (Wildman–Crippen MR) is 84.3 cm³/mol. The van der Waals surface area contributed by atoms with E-state index in [-0.39, 0.29) is 13.2 Å². The van der Waals surface area contributed by atoms with Crippen LogP contribution in [0.25, 0.3) is 10.8 Å². The number of pyridine rings is 1. The monoisotopic (exact) mass is 306 g/mol. The summed E-state index contributed by atoms with van der Waals surface area (Å²) in [6.07, 6.45) is 1.70. The van der Waals surface area contributed by atoms with Gasteiger partial charge < -0.3 is 25.0 Å². The molecule has 0 aliphatic rings. The average molecular weight is 306 g/mol. The lowest BCUT2D eigenvalue weighted by Gasteiger charge is -2.26. The molecule has 22 heavy (non-hydrogen) atoms. The zero-order valence-corrected chi connectivity index (χ0v) is 13.1. The third-order valence-electron chi connectivity index (χ3n) is 3.75. The van der Waals surface area contributed by atoms with Crippen LogP contribution in [0.4, 0.5) is 0 Å². The molecule has 6 nitrogen and oxygen atoms in total. The first kappa shape index (κ1) is 16.5. The lowest BCUT2D eigenvalue weighted by molar-refractivity contribution is 0.103. The first-order valence-electron chi connectivity index (χ1n) is 7.04. The SMILES string of the molecule is COc1ccc(OC)c2c(CNC(C)(CO)CO)nccc12. The second-order valence-electron chi connectivity index (χ2n) is 5.38. The maximum absolute atomic E-state index is 9.37. The van der Waals surface area contributed by atoms with Crippen molar-refractivity contribution in [2.45, 2.75) is 19.0 Å². The minimum absolute atomic E-state index is 0.172. The van der Waals surface area contributed by atoms with Crippen molar-refractivity contribution < 1.29 is 19.7 Å². The molecule has 0 spiro atoms. The maximum Gasteiger partial charge on any atom is 0.128 e. The molecule has 6 heteroatoms. The van der Waals surface area contributed by atoms with E-state index in [1.165, 1.54) is 0 Å². The highest BCUT2D eigenvalue weighted by atomic mass is 16.5. The third-order valence-corrected chi connectivity index (χ3v) is 3.75. The van der Waals surface area contributed by atoms with Crippen LogP contribution in [0, 0.1) is 0 Å². The molecule has 3 N–H and O–H groups in total. The Hall–Kier alpha value is -1.89. The molecule has 0 bridgehead atoms. The van der Waals surface area contributed by atoms with Gasteiger partial charge in [-0.25, -0.2) is 0 Å². The van der Waals surface area contributed by atoms with Gasteiger partial charge in [-0.05, 0) is 25.1 Å². The molecule has 1 aromatic heterocycles. The normalized spacial score (nSPS) is 11.7. The first-order chi connectivity index (χ1) is 10.6. The lowest BCUT2D eigenvalue weighted by Crippen LogP contribution is -2.48. The Kier molecular flexibility index (Phi) is 5.18. The number of nitrogens with one attached hydrogen (secondary N) is 1. The molecule has 1 aromatic carbocycles. The molecule has 120 valence electrons. The van der Waals surface area contributed by atoms with E-state index in [1.54, 1.807) is 27.3 Å². The van der Waals surface area contributed by atoms with Crippen LogP contribution in [0.3, 0.4) is 0 Å². The fourth-order valence-electron chi connectivity index (χ4n) is 2.25. The van der Waals surface area contributed by atoms with Gasteiger partial charge in [0.25, 0.3) is 0 Å². The minimum Gasteiger partial charge on any atom is -0.496 e. The van der Waals surface area contributed by atoms with Crippen molar-refractivity contribution in [3.63, 3.8) is 0 Å². The van der Waals surface area contributed by atoms with Gasteiger partial charge in [0, 0.05) is 18.1 Å². The number of nitrogens with zero attached hydrogens (tertiary/aromatic N) is 1. The van der Waals surface area contributed by atoms with E-state index < -0.39 is 5.54 Å². The highest BCUT2D eigenvalue weighted by Crippen LogP contribution is 2.34. The van der Waals surface area contributed by atoms with Crippen LogP contribution >= 0.6 is 0 Å². The number of aliphatic hydroxyl groups excluding tert-OH is 2. The van der Waals surface area contributed by atoms with Crippen molar-refractivity contribution in [2.24, 2.45) is 0 Å². The summed E-state index contributed by atoms with van der Waals surface area (Å²) < 4.78 is 10.8. The van der Waals surface area contributed by atoms with Gasteiger partial charge >= 0.3 is 0 Å². The highest BCUT2D eigenvalue weighted by molar-refractivity contribution is 5.94. The van der Waals surface area contributed by atoms with Gasteiger partial charge in [-0.3, -0.25) is 4.98 Å². The lowest BCUT2D eigenvalue weighted by atomic mass is 10.0. The fourth-order valence-corrected chi connectivity index (χ4v) is 2.25. The summed E-state index contributed by atoms with van der Waals surface area (Å²) in [6, 6.07) is 5.56. The van der Waals surface area contributed by atoms with E-state index in [0.29, 0.717) is 12.3 Å². The van der Waals surface area contributed by atoms with E-state index in [2.05, 4.69) is 10.3 Å². The molecule has 0 aliphatic heterocycles. The van der Waals surface area contributed by atoms with Gasteiger partial charge in [0.05, 0.1) is 44.1 Å². The van der Waals surface area contributed by atoms with Crippen LogP contribution in [0.15, 0.2) is 24.4 Å². The summed E-state index contributed by atoms with van der Waals surface area (Å²) in [7, 11) is 3.23. The molecule has 0 aliphatic carbocycles. The summed E-state index contributed by atoms with van der Waals surface area (Å²) in [4.78, 5) is 4.40. The van der Waals surface area contributed by atoms with Crippen molar-refractivity contribution >= 4 is 10.8 Å². The number of aliphatic hydroxyl groups is 2. The molecule has 1 heterocycles. The van der Waals surface area contributed by atoms with Crippen molar-refractivity contribution in [2.75, 3.05) is 27.4 Å². The van der Waals surface area contributed by atoms with Crippen molar-refractivity contribution in [1.29, 1.82) is 0 Å². The van der Waals surface area contributed by atoms with Crippen molar-refractivity contribution in [3.05, 3.63) is 30.1 Å². The Balaban J connectivity index is 2.46. The number of benzene rings is 1. The number of hydrogen-bond acceptors (Lipinski definition) is 6. The van der Waals surface area contributed by atoms with Gasteiger partial charge in [0.1, 0.15) is 11.5 Å². The van der Waals surface area contributed by atoms with Crippen LogP contribution in [0.2, 0.25) is 0 Å². The largest absolute Gasteiger partial charge is 0.496 e. The summed E-state index contributed by atoms with van der Waals surface area (Å²) >= 11 is 0. The predicted octanol–water partition coefficient (Wildman–Crippen LogP) is 1.08.